The molecule has 7 heteroatoms. The molecule has 0 aliphatic carbocycles. The van der Waals surface area contributed by atoms with Gasteiger partial charge in [0, 0.05) is 33.7 Å². The van der Waals surface area contributed by atoms with Crippen molar-refractivity contribution in [3.8, 4) is 0 Å². The van der Waals surface area contributed by atoms with Crippen LogP contribution in [0.5, 0.6) is 0 Å². The molecular formula is C14H24N2O5. The molecule has 0 aliphatic rings. The molecule has 0 aromatic rings. The number of unbranched alkanes of at least 4 members (excludes halogenated alkanes) is 4. The Morgan fingerprint density at radius 2 is 1.24 bits per heavy atom. The van der Waals surface area contributed by atoms with Crippen LogP contribution < -0.4 is 0 Å². The largest absolute Gasteiger partial charge is 0.481 e. The average molecular weight is 300 g/mol. The van der Waals surface area contributed by atoms with Gasteiger partial charge in [-0.25, -0.2) is 5.01 Å². The first-order valence-electron chi connectivity index (χ1n) is 7.07. The first-order chi connectivity index (χ1) is 9.77. The van der Waals surface area contributed by atoms with E-state index >= 15 is 0 Å². The molecule has 7 nitrogen and oxygen atoms in total. The molecule has 0 fully saturated rings. The van der Waals surface area contributed by atoms with E-state index in [0.29, 0.717) is 12.8 Å². The Hall–Kier alpha value is -1.92. The molecule has 0 heterocycles. The van der Waals surface area contributed by atoms with Crippen molar-refractivity contribution in [2.24, 2.45) is 0 Å². The van der Waals surface area contributed by atoms with E-state index in [0.717, 1.165) is 29.3 Å². The second-order valence-corrected chi connectivity index (χ2v) is 4.93. The summed E-state index contributed by atoms with van der Waals surface area (Å²) in [5.74, 6) is -2.06. The number of carboxylic acids is 1. The zero-order valence-electron chi connectivity index (χ0n) is 12.9. The van der Waals surface area contributed by atoms with Crippen LogP contribution in [0, 0.1) is 0 Å². The van der Waals surface area contributed by atoms with E-state index in [1.807, 2.05) is 0 Å². The third-order valence-corrected chi connectivity index (χ3v) is 3.04. The molecule has 0 saturated carbocycles. The summed E-state index contributed by atoms with van der Waals surface area (Å²) in [6.45, 7) is 2.46. The number of hydrogen-bond donors (Lipinski definition) is 1. The van der Waals surface area contributed by atoms with Crippen LogP contribution in [0.2, 0.25) is 0 Å². The van der Waals surface area contributed by atoms with Crippen molar-refractivity contribution in [3.05, 3.63) is 0 Å². The van der Waals surface area contributed by atoms with Gasteiger partial charge in [-0.05, 0) is 12.8 Å². The highest BCUT2D eigenvalue weighted by molar-refractivity contribution is 5.95. The van der Waals surface area contributed by atoms with Crippen molar-refractivity contribution in [1.82, 2.24) is 10.0 Å². The Bertz CT molecular complexity index is 381. The van der Waals surface area contributed by atoms with Crippen LogP contribution in [0.4, 0.5) is 0 Å². The fraction of sp³-hybridized carbons (Fsp3) is 0.714. The number of carbonyl (C=O) groups is 4. The van der Waals surface area contributed by atoms with Crippen LogP contribution in [-0.2, 0) is 19.2 Å². The minimum atomic E-state index is -0.791. The van der Waals surface area contributed by atoms with Gasteiger partial charge in [0.2, 0.25) is 17.7 Å². The zero-order chi connectivity index (χ0) is 16.4. The lowest BCUT2D eigenvalue weighted by Crippen LogP contribution is -2.49. The summed E-state index contributed by atoms with van der Waals surface area (Å²) in [6.07, 6.45) is 4.24. The maximum absolute atomic E-state index is 11.9. The third kappa shape index (κ3) is 8.06. The minimum absolute atomic E-state index is 0.174. The number of nitrogens with zero attached hydrogens (tertiary/aromatic N) is 2. The molecule has 0 aromatic carbocycles. The Labute approximate surface area is 124 Å². The molecule has 0 unspecified atom stereocenters. The van der Waals surface area contributed by atoms with Crippen LogP contribution in [0.1, 0.15) is 58.8 Å². The van der Waals surface area contributed by atoms with Crippen LogP contribution in [-0.4, -0.2) is 45.9 Å². The fourth-order valence-corrected chi connectivity index (χ4v) is 2.00. The van der Waals surface area contributed by atoms with E-state index in [1.54, 1.807) is 0 Å². The lowest BCUT2D eigenvalue weighted by molar-refractivity contribution is -0.168. The maximum atomic E-state index is 11.9. The Morgan fingerprint density at radius 3 is 1.67 bits per heavy atom. The molecule has 0 aliphatic heterocycles. The van der Waals surface area contributed by atoms with Gasteiger partial charge in [-0.15, -0.1) is 0 Å². The van der Waals surface area contributed by atoms with Gasteiger partial charge in [-0.3, -0.25) is 19.2 Å². The predicted molar refractivity (Wildman–Crippen MR) is 75.9 cm³/mol. The Morgan fingerprint density at radius 1 is 0.810 bits per heavy atom. The molecule has 0 aromatic heterocycles. The number of hydrogen-bond acceptors (Lipinski definition) is 4. The van der Waals surface area contributed by atoms with Gasteiger partial charge in [-0.2, -0.15) is 5.01 Å². The van der Waals surface area contributed by atoms with E-state index in [4.69, 9.17) is 5.11 Å². The number of rotatable bonds is 8. The summed E-state index contributed by atoms with van der Waals surface area (Å²) in [5.41, 5.74) is 0. The summed E-state index contributed by atoms with van der Waals surface area (Å²) in [6, 6.07) is 0. The van der Waals surface area contributed by atoms with Crippen LogP contribution >= 0.6 is 0 Å². The highest BCUT2D eigenvalue weighted by atomic mass is 16.4. The number of hydrazine groups is 1. The first kappa shape index (κ1) is 19.1. The van der Waals surface area contributed by atoms with Crippen molar-refractivity contribution in [2.75, 3.05) is 7.05 Å². The van der Waals surface area contributed by atoms with E-state index in [2.05, 4.69) is 0 Å². The lowest BCUT2D eigenvalue weighted by Gasteiger charge is -2.28. The van der Waals surface area contributed by atoms with Crippen molar-refractivity contribution in [3.63, 3.8) is 0 Å². The molecule has 3 amide bonds. The molecule has 21 heavy (non-hydrogen) atoms. The lowest BCUT2D eigenvalue weighted by atomic mass is 10.1. The minimum Gasteiger partial charge on any atom is -0.481 e. The standard InChI is InChI=1S/C14H24N2O5/c1-11(17)16(12(2)18)15(3)13(19)9-7-5-4-6-8-10-14(20)21/h4-10H2,1-3H3,(H,20,21). The number of amides is 3. The van der Waals surface area contributed by atoms with E-state index in [1.165, 1.54) is 20.9 Å². The van der Waals surface area contributed by atoms with Gasteiger partial charge in [0.15, 0.2) is 0 Å². The second-order valence-electron chi connectivity index (χ2n) is 4.93. The molecular weight excluding hydrogens is 276 g/mol. The number of imide groups is 1. The molecule has 0 saturated heterocycles. The smallest absolute Gasteiger partial charge is 0.303 e. The first-order valence-corrected chi connectivity index (χ1v) is 7.07. The molecule has 120 valence electrons. The summed E-state index contributed by atoms with van der Waals surface area (Å²) < 4.78 is 0. The van der Waals surface area contributed by atoms with Gasteiger partial charge in [0.25, 0.3) is 0 Å². The van der Waals surface area contributed by atoms with Gasteiger partial charge in [0.05, 0.1) is 0 Å². The van der Waals surface area contributed by atoms with Crippen LogP contribution in [0.25, 0.3) is 0 Å². The van der Waals surface area contributed by atoms with Gasteiger partial charge in [-0.1, -0.05) is 19.3 Å². The summed E-state index contributed by atoms with van der Waals surface area (Å²) >= 11 is 0. The SMILES string of the molecule is CC(=O)N(C(C)=O)N(C)C(=O)CCCCCCCC(=O)O. The second kappa shape index (κ2) is 9.90. The van der Waals surface area contributed by atoms with Gasteiger partial charge in [0.1, 0.15) is 0 Å². The number of carboxylic acid groups (broad SMARTS) is 1. The van der Waals surface area contributed by atoms with Crippen LogP contribution in [0.3, 0.4) is 0 Å². The molecule has 0 radical (unpaired) electrons. The van der Waals surface area contributed by atoms with E-state index in [9.17, 15) is 19.2 Å². The van der Waals surface area contributed by atoms with E-state index in [-0.39, 0.29) is 18.7 Å². The third-order valence-electron chi connectivity index (χ3n) is 3.04. The quantitative estimate of drug-likeness (QED) is 0.542. The van der Waals surface area contributed by atoms with Crippen molar-refractivity contribution >= 4 is 23.7 Å². The number of carbonyl (C=O) groups excluding carboxylic acids is 3. The Balaban J connectivity index is 3.95. The molecule has 0 spiro atoms. The van der Waals surface area contributed by atoms with Crippen LogP contribution in [0.15, 0.2) is 0 Å². The highest BCUT2D eigenvalue weighted by Gasteiger charge is 2.23. The topological polar surface area (TPSA) is 95.0 Å². The molecule has 1 N–H and O–H groups in total. The Kier molecular flexibility index (Phi) is 9.00. The monoisotopic (exact) mass is 300 g/mol. The summed E-state index contributed by atoms with van der Waals surface area (Å²) in [4.78, 5) is 44.8. The number of aliphatic carboxylic acids is 1. The van der Waals surface area contributed by atoms with Crippen molar-refractivity contribution < 1.29 is 24.3 Å². The van der Waals surface area contributed by atoms with Crippen molar-refractivity contribution in [2.45, 2.75) is 58.8 Å². The molecule has 0 bridgehead atoms. The summed E-state index contributed by atoms with van der Waals surface area (Å²) in [7, 11) is 1.40. The average Bonchev–Trinajstić information content (AvgIpc) is 2.35. The van der Waals surface area contributed by atoms with E-state index < -0.39 is 17.8 Å². The molecule has 0 rings (SSSR count). The summed E-state index contributed by atoms with van der Waals surface area (Å²) in [5, 5.41) is 10.3. The molecule has 0 atom stereocenters. The van der Waals surface area contributed by atoms with Crippen molar-refractivity contribution in [1.29, 1.82) is 0 Å². The van der Waals surface area contributed by atoms with Gasteiger partial charge >= 0.3 is 5.97 Å². The normalized spacial score (nSPS) is 10.0. The maximum Gasteiger partial charge on any atom is 0.303 e. The van der Waals surface area contributed by atoms with Gasteiger partial charge < -0.3 is 5.11 Å². The zero-order valence-corrected chi connectivity index (χ0v) is 12.9. The fourth-order valence-electron chi connectivity index (χ4n) is 2.00. The predicted octanol–water partition coefficient (Wildman–Crippen LogP) is 1.57. The highest BCUT2D eigenvalue weighted by Crippen LogP contribution is 2.09.